The van der Waals surface area contributed by atoms with E-state index < -0.39 is 51.1 Å². The van der Waals surface area contributed by atoms with Crippen LogP contribution in [0.3, 0.4) is 0 Å². The van der Waals surface area contributed by atoms with Crippen LogP contribution in [-0.2, 0) is 58.3 Å². The van der Waals surface area contributed by atoms with Gasteiger partial charge in [-0.05, 0) is 119 Å². The number of nitrogens with zero attached hydrogens (tertiary/aromatic N) is 3. The maximum atomic E-state index is 13.3. The second-order valence-corrected chi connectivity index (χ2v) is 18.7. The molecule has 3 aliphatic heterocycles. The molecule has 12 nitrogen and oxygen atoms in total. The molecule has 12 heteroatoms. The Morgan fingerprint density at radius 1 is 0.588 bits per heavy atom. The third kappa shape index (κ3) is 8.63. The lowest BCUT2D eigenvalue weighted by Crippen LogP contribution is -2.47. The summed E-state index contributed by atoms with van der Waals surface area (Å²) in [5.74, 6) is -1.81. The molecule has 3 heterocycles. The first-order chi connectivity index (χ1) is 23.2. The summed E-state index contributed by atoms with van der Waals surface area (Å²) in [7, 11) is 0. The van der Waals surface area contributed by atoms with E-state index in [0.717, 1.165) is 10.1 Å². The SMILES string of the molecule is CC1(C)CC(COC(=O)Cc2ccc(CC(=O)OCC3CC(C)(C)N(O)C3(C)C)c(CC(=O)OCC3CC(C)(C)N([O])C3(C)C)c2)C(C)(C)N1[O]. The summed E-state index contributed by atoms with van der Waals surface area (Å²) in [6.45, 7) is 23.1. The van der Waals surface area contributed by atoms with E-state index >= 15 is 0 Å². The Morgan fingerprint density at radius 2 is 0.961 bits per heavy atom. The van der Waals surface area contributed by atoms with Crippen LogP contribution < -0.4 is 0 Å². The summed E-state index contributed by atoms with van der Waals surface area (Å²) >= 11 is 0. The van der Waals surface area contributed by atoms with Crippen LogP contribution in [0.4, 0.5) is 0 Å². The van der Waals surface area contributed by atoms with Gasteiger partial charge in [0, 0.05) is 39.9 Å². The van der Waals surface area contributed by atoms with Gasteiger partial charge in [-0.3, -0.25) is 14.4 Å². The lowest BCUT2D eigenvalue weighted by Gasteiger charge is -2.35. The number of benzene rings is 1. The highest BCUT2D eigenvalue weighted by atomic mass is 16.5. The van der Waals surface area contributed by atoms with Crippen LogP contribution in [0.2, 0.25) is 0 Å². The average molecular weight is 716 g/mol. The summed E-state index contributed by atoms with van der Waals surface area (Å²) < 4.78 is 17.1. The number of hydrogen-bond acceptors (Lipinski definition) is 10. The van der Waals surface area contributed by atoms with Gasteiger partial charge in [-0.1, -0.05) is 18.2 Å². The summed E-state index contributed by atoms with van der Waals surface area (Å²) in [5.41, 5.74) is -1.84. The Balaban J connectivity index is 1.45. The standard InChI is InChI=1S/C39H61N3O9/c1-34(2)19-28(37(7,8)40(34)46)22-49-31(43)16-25-13-14-26(17-32(44)50-23-29-20-35(3,4)41(47)38(29,9)10)27(15-25)18-33(45)51-24-30-21-36(5,6)42(48)39(30,11)12/h13-15,28-30,47H,16-24H2,1-12H3. The lowest BCUT2D eigenvalue weighted by molar-refractivity contribution is -0.249. The molecule has 1 aromatic carbocycles. The van der Waals surface area contributed by atoms with E-state index in [0.29, 0.717) is 36.0 Å². The van der Waals surface area contributed by atoms with Crippen LogP contribution in [0, 0.1) is 17.8 Å². The summed E-state index contributed by atoms with van der Waals surface area (Å²) in [6, 6.07) is 5.18. The van der Waals surface area contributed by atoms with Gasteiger partial charge in [0.1, 0.15) is 0 Å². The molecule has 0 aliphatic carbocycles. The molecule has 2 radical (unpaired) electrons. The molecule has 0 spiro atoms. The minimum Gasteiger partial charge on any atom is -0.465 e. The third-order valence-electron chi connectivity index (χ3n) is 12.1. The summed E-state index contributed by atoms with van der Waals surface area (Å²) in [4.78, 5) is 39.4. The molecule has 51 heavy (non-hydrogen) atoms. The van der Waals surface area contributed by atoms with Crippen LogP contribution in [0.15, 0.2) is 18.2 Å². The van der Waals surface area contributed by atoms with Crippen molar-refractivity contribution in [2.24, 2.45) is 17.8 Å². The number of hydrogen-bond donors (Lipinski definition) is 1. The molecule has 0 amide bonds. The van der Waals surface area contributed by atoms with Gasteiger partial charge in [0.05, 0.1) is 50.2 Å². The number of carbonyl (C=O) groups excluding carboxylic acids is 3. The van der Waals surface area contributed by atoms with Crippen molar-refractivity contribution >= 4 is 17.9 Å². The number of esters is 3. The molecule has 4 rings (SSSR count). The lowest BCUT2D eigenvalue weighted by atomic mass is 9.88. The smallest absolute Gasteiger partial charge is 0.310 e. The number of carbonyl (C=O) groups is 3. The maximum absolute atomic E-state index is 13.3. The fourth-order valence-corrected chi connectivity index (χ4v) is 8.78. The normalized spacial score (nSPS) is 27.7. The largest absolute Gasteiger partial charge is 0.465 e. The van der Waals surface area contributed by atoms with Crippen molar-refractivity contribution in [2.45, 2.75) is 155 Å². The Hall–Kier alpha value is -2.61. The van der Waals surface area contributed by atoms with Crippen LogP contribution in [0.1, 0.15) is 119 Å². The van der Waals surface area contributed by atoms with Crippen molar-refractivity contribution in [3.05, 3.63) is 34.9 Å². The zero-order valence-corrected chi connectivity index (χ0v) is 32.9. The molecule has 3 atom stereocenters. The molecule has 1 aromatic rings. The first-order valence-corrected chi connectivity index (χ1v) is 18.2. The Kier molecular flexibility index (Phi) is 11.6. The molecule has 1 N–H and O–H groups in total. The van der Waals surface area contributed by atoms with Gasteiger partial charge in [-0.2, -0.15) is 5.06 Å². The van der Waals surface area contributed by atoms with Crippen molar-refractivity contribution in [2.75, 3.05) is 19.8 Å². The predicted octanol–water partition coefficient (Wildman–Crippen LogP) is 5.66. The number of ether oxygens (including phenoxy) is 3. The molecule has 0 aromatic heterocycles. The molecule has 0 bridgehead atoms. The van der Waals surface area contributed by atoms with E-state index in [2.05, 4.69) is 0 Å². The highest BCUT2D eigenvalue weighted by Gasteiger charge is 2.54. The predicted molar refractivity (Wildman–Crippen MR) is 188 cm³/mol. The Morgan fingerprint density at radius 3 is 1.33 bits per heavy atom. The fourth-order valence-electron chi connectivity index (χ4n) is 8.78. The van der Waals surface area contributed by atoms with Crippen molar-refractivity contribution in [1.29, 1.82) is 0 Å². The van der Waals surface area contributed by atoms with Gasteiger partial charge in [-0.25, -0.2) is 0 Å². The van der Waals surface area contributed by atoms with Crippen LogP contribution in [-0.4, -0.2) is 91.4 Å². The second-order valence-electron chi connectivity index (χ2n) is 18.7. The van der Waals surface area contributed by atoms with E-state index in [-0.39, 0.29) is 56.8 Å². The topological polar surface area (TPSA) is 149 Å². The van der Waals surface area contributed by atoms with Crippen molar-refractivity contribution < 1.29 is 44.2 Å². The Bertz CT molecular complexity index is 1470. The van der Waals surface area contributed by atoms with Crippen molar-refractivity contribution in [3.63, 3.8) is 0 Å². The highest BCUT2D eigenvalue weighted by Crippen LogP contribution is 2.46. The van der Waals surface area contributed by atoms with Crippen molar-refractivity contribution in [3.8, 4) is 0 Å². The average Bonchev–Trinajstić information content (AvgIpc) is 3.36. The second kappa shape index (κ2) is 14.3. The molecule has 3 saturated heterocycles. The fraction of sp³-hybridized carbons (Fsp3) is 0.769. The number of rotatable bonds is 12. The summed E-state index contributed by atoms with van der Waals surface area (Å²) in [6.07, 6.45) is 1.54. The quantitative estimate of drug-likeness (QED) is 0.212. The first kappa shape index (κ1) is 41.2. The molecular weight excluding hydrogens is 654 g/mol. The zero-order valence-electron chi connectivity index (χ0n) is 32.9. The molecule has 3 aliphatic rings. The minimum absolute atomic E-state index is 0.0563. The Labute approximate surface area is 304 Å². The third-order valence-corrected chi connectivity index (χ3v) is 12.1. The van der Waals surface area contributed by atoms with E-state index in [1.54, 1.807) is 18.2 Å². The van der Waals surface area contributed by atoms with E-state index in [9.17, 15) is 30.0 Å². The molecule has 0 saturated carbocycles. The van der Waals surface area contributed by atoms with Crippen LogP contribution >= 0.6 is 0 Å². The van der Waals surface area contributed by atoms with Crippen molar-refractivity contribution in [1.82, 2.24) is 15.2 Å². The molecule has 286 valence electrons. The van der Waals surface area contributed by atoms with Gasteiger partial charge in [0.2, 0.25) is 0 Å². The minimum atomic E-state index is -0.704. The van der Waals surface area contributed by atoms with Gasteiger partial charge < -0.3 is 19.4 Å². The first-order valence-electron chi connectivity index (χ1n) is 18.2. The zero-order chi connectivity index (χ0) is 38.5. The van der Waals surface area contributed by atoms with Crippen LogP contribution in [0.25, 0.3) is 0 Å². The van der Waals surface area contributed by atoms with Gasteiger partial charge >= 0.3 is 17.9 Å². The van der Waals surface area contributed by atoms with Gasteiger partial charge in [-0.15, -0.1) is 20.5 Å². The molecular formula is C39H61N3O9. The molecule has 3 fully saturated rings. The van der Waals surface area contributed by atoms with E-state index in [4.69, 9.17) is 14.2 Å². The summed E-state index contributed by atoms with van der Waals surface area (Å²) in [5, 5.41) is 39.8. The van der Waals surface area contributed by atoms with Crippen LogP contribution in [0.5, 0.6) is 0 Å². The highest BCUT2D eigenvalue weighted by molar-refractivity contribution is 5.77. The van der Waals surface area contributed by atoms with Gasteiger partial charge in [0.15, 0.2) is 0 Å². The molecule has 3 unspecified atom stereocenters. The monoisotopic (exact) mass is 715 g/mol. The maximum Gasteiger partial charge on any atom is 0.310 e. The van der Waals surface area contributed by atoms with E-state index in [1.807, 2.05) is 83.1 Å². The van der Waals surface area contributed by atoms with Gasteiger partial charge in [0.25, 0.3) is 0 Å². The van der Waals surface area contributed by atoms with E-state index in [1.165, 1.54) is 5.06 Å². The number of hydroxylamine groups is 6.